The molecule has 0 spiro atoms. The first-order valence-corrected chi connectivity index (χ1v) is 4.79. The summed E-state index contributed by atoms with van der Waals surface area (Å²) in [5.74, 6) is -5.11. The summed E-state index contributed by atoms with van der Waals surface area (Å²) in [6.07, 6.45) is -8.73. The van der Waals surface area contributed by atoms with E-state index in [0.717, 1.165) is 6.07 Å². The van der Waals surface area contributed by atoms with Crippen LogP contribution in [0.5, 0.6) is 5.75 Å². The Labute approximate surface area is 104 Å². The summed E-state index contributed by atoms with van der Waals surface area (Å²) in [7, 11) is 5.14. The Morgan fingerprint density at radius 3 is 2.11 bits per heavy atom. The summed E-state index contributed by atoms with van der Waals surface area (Å²) in [5, 5.41) is 0. The van der Waals surface area contributed by atoms with Crippen LogP contribution in [0.3, 0.4) is 0 Å². The number of hydrogen-bond acceptors (Lipinski definition) is 1. The van der Waals surface area contributed by atoms with Crippen LogP contribution in [0.25, 0.3) is 0 Å². The van der Waals surface area contributed by atoms with Crippen molar-refractivity contribution in [2.24, 2.45) is 0 Å². The van der Waals surface area contributed by atoms with Gasteiger partial charge in [0, 0.05) is 0 Å². The van der Waals surface area contributed by atoms with Gasteiger partial charge < -0.3 is 4.74 Å². The van der Waals surface area contributed by atoms with Gasteiger partial charge in [0.15, 0.2) is 6.61 Å². The lowest BCUT2D eigenvalue weighted by molar-refractivity contribution is -0.148. The number of halogens is 7. The molecule has 0 saturated carbocycles. The Morgan fingerprint density at radius 1 is 1.05 bits per heavy atom. The molecule has 2 radical (unpaired) electrons. The summed E-state index contributed by atoms with van der Waals surface area (Å²) in [6, 6.07) is 1.80. The van der Waals surface area contributed by atoms with E-state index in [1.807, 2.05) is 0 Å². The zero-order valence-corrected chi connectivity index (χ0v) is 9.15. The van der Waals surface area contributed by atoms with Crippen molar-refractivity contribution < 1.29 is 35.5 Å². The summed E-state index contributed by atoms with van der Waals surface area (Å²) in [5.41, 5.74) is -1.60. The van der Waals surface area contributed by atoms with E-state index < -0.39 is 36.4 Å². The van der Waals surface area contributed by atoms with Gasteiger partial charge in [-0.1, -0.05) is 11.5 Å². The van der Waals surface area contributed by atoms with Gasteiger partial charge in [-0.2, -0.15) is 22.0 Å². The number of benzene rings is 1. The van der Waals surface area contributed by atoms with Gasteiger partial charge in [-0.3, -0.25) is 0 Å². The minimum atomic E-state index is -4.75. The maximum atomic E-state index is 12.5. The van der Waals surface area contributed by atoms with Crippen molar-refractivity contribution in [1.82, 2.24) is 0 Å². The standard InChI is InChI=1S/C10H6BF7O/c11-6-1-5(10(16,17)18)2-7(3-6)19-4-9(14,15)8(12)13/h1-3,8H,4H2. The summed E-state index contributed by atoms with van der Waals surface area (Å²) in [4.78, 5) is 0. The monoisotopic (exact) mass is 286 g/mol. The minimum absolute atomic E-state index is 0.384. The largest absolute Gasteiger partial charge is 0.487 e. The van der Waals surface area contributed by atoms with Crippen molar-refractivity contribution in [3.05, 3.63) is 23.8 Å². The Kier molecular flexibility index (Phi) is 4.37. The van der Waals surface area contributed by atoms with Gasteiger partial charge in [0.05, 0.1) is 5.56 Å². The highest BCUT2D eigenvalue weighted by Crippen LogP contribution is 2.31. The Balaban J connectivity index is 2.88. The Hall–Kier alpha value is -1.41. The molecule has 0 aromatic heterocycles. The predicted molar refractivity (Wildman–Crippen MR) is 53.3 cm³/mol. The second kappa shape index (κ2) is 5.30. The first-order valence-electron chi connectivity index (χ1n) is 4.79. The molecule has 0 aliphatic carbocycles. The van der Waals surface area contributed by atoms with E-state index in [1.165, 1.54) is 0 Å². The van der Waals surface area contributed by atoms with Crippen LogP contribution in [-0.4, -0.2) is 26.8 Å². The summed E-state index contributed by atoms with van der Waals surface area (Å²) < 4.78 is 90.1. The van der Waals surface area contributed by atoms with Crippen LogP contribution in [0.4, 0.5) is 30.7 Å². The molecule has 1 aromatic rings. The van der Waals surface area contributed by atoms with Gasteiger partial charge in [0.1, 0.15) is 13.6 Å². The van der Waals surface area contributed by atoms with Crippen LogP contribution in [0.2, 0.25) is 0 Å². The van der Waals surface area contributed by atoms with Gasteiger partial charge in [-0.25, -0.2) is 8.78 Å². The fourth-order valence-corrected chi connectivity index (χ4v) is 1.11. The Bertz CT molecular complexity index is 444. The van der Waals surface area contributed by atoms with E-state index in [4.69, 9.17) is 7.85 Å². The smallest absolute Gasteiger partial charge is 0.416 e. The molecule has 0 fully saturated rings. The molecule has 0 atom stereocenters. The first kappa shape index (κ1) is 15.7. The van der Waals surface area contributed by atoms with E-state index in [1.54, 1.807) is 0 Å². The average Bonchev–Trinajstić information content (AvgIpc) is 2.24. The maximum Gasteiger partial charge on any atom is 0.416 e. The lowest BCUT2D eigenvalue weighted by Crippen LogP contribution is -2.34. The first-order chi connectivity index (χ1) is 8.52. The van der Waals surface area contributed by atoms with Crippen molar-refractivity contribution in [1.29, 1.82) is 0 Å². The fraction of sp³-hybridized carbons (Fsp3) is 0.400. The van der Waals surface area contributed by atoms with Crippen LogP contribution in [0.1, 0.15) is 5.56 Å². The highest BCUT2D eigenvalue weighted by molar-refractivity contribution is 6.32. The molecular weight excluding hydrogens is 280 g/mol. The molecule has 0 aliphatic heterocycles. The summed E-state index contributed by atoms with van der Waals surface area (Å²) in [6.45, 7) is -1.74. The van der Waals surface area contributed by atoms with Gasteiger partial charge in [-0.05, 0) is 12.1 Å². The molecule has 0 bridgehead atoms. The quantitative estimate of drug-likeness (QED) is 0.611. The average molecular weight is 286 g/mol. The third-order valence-corrected chi connectivity index (χ3v) is 2.01. The molecule has 1 nitrogen and oxygen atoms in total. The van der Waals surface area contributed by atoms with Gasteiger partial charge in [0.2, 0.25) is 0 Å². The van der Waals surface area contributed by atoms with E-state index in [-0.39, 0.29) is 5.46 Å². The number of rotatable bonds is 4. The minimum Gasteiger partial charge on any atom is -0.487 e. The van der Waals surface area contributed by atoms with E-state index >= 15 is 0 Å². The maximum absolute atomic E-state index is 12.5. The third-order valence-electron chi connectivity index (χ3n) is 2.01. The van der Waals surface area contributed by atoms with Gasteiger partial charge in [-0.15, -0.1) is 0 Å². The Morgan fingerprint density at radius 2 is 1.63 bits per heavy atom. The SMILES string of the molecule is [B]c1cc(OCC(F)(F)C(F)F)cc(C(F)(F)F)c1. The van der Waals surface area contributed by atoms with E-state index in [2.05, 4.69) is 4.74 Å². The molecular formula is C10H6BF7O. The van der Waals surface area contributed by atoms with Crippen molar-refractivity contribution in [3.63, 3.8) is 0 Å². The summed E-state index contributed by atoms with van der Waals surface area (Å²) >= 11 is 0. The van der Waals surface area contributed by atoms with Crippen molar-refractivity contribution >= 4 is 13.3 Å². The molecule has 1 aromatic carbocycles. The van der Waals surface area contributed by atoms with Crippen LogP contribution >= 0.6 is 0 Å². The molecule has 0 amide bonds. The highest BCUT2D eigenvalue weighted by Gasteiger charge is 2.42. The molecule has 0 aliphatic rings. The lowest BCUT2D eigenvalue weighted by atomic mass is 9.94. The molecule has 0 unspecified atom stereocenters. The molecule has 1 rings (SSSR count). The number of hydrogen-bond donors (Lipinski definition) is 0. The normalized spacial score (nSPS) is 12.8. The van der Waals surface area contributed by atoms with Crippen LogP contribution < -0.4 is 10.2 Å². The van der Waals surface area contributed by atoms with Crippen molar-refractivity contribution in [2.75, 3.05) is 6.61 Å². The van der Waals surface area contributed by atoms with Crippen molar-refractivity contribution in [2.45, 2.75) is 18.5 Å². The molecule has 0 heterocycles. The number of ether oxygens (including phenoxy) is 1. The van der Waals surface area contributed by atoms with Crippen LogP contribution in [0.15, 0.2) is 18.2 Å². The van der Waals surface area contributed by atoms with Crippen molar-refractivity contribution in [3.8, 4) is 5.75 Å². The fourth-order valence-electron chi connectivity index (χ4n) is 1.11. The van der Waals surface area contributed by atoms with Gasteiger partial charge >= 0.3 is 18.5 Å². The van der Waals surface area contributed by atoms with E-state index in [9.17, 15) is 30.7 Å². The molecule has 104 valence electrons. The van der Waals surface area contributed by atoms with Crippen LogP contribution in [-0.2, 0) is 6.18 Å². The zero-order chi connectivity index (χ0) is 14.8. The van der Waals surface area contributed by atoms with E-state index in [0.29, 0.717) is 12.1 Å². The predicted octanol–water partition coefficient (Wildman–Crippen LogP) is 2.78. The topological polar surface area (TPSA) is 9.23 Å². The molecule has 19 heavy (non-hydrogen) atoms. The second-order valence-corrected chi connectivity index (χ2v) is 3.64. The lowest BCUT2D eigenvalue weighted by Gasteiger charge is -2.17. The third kappa shape index (κ3) is 4.32. The zero-order valence-electron chi connectivity index (χ0n) is 9.15. The van der Waals surface area contributed by atoms with Gasteiger partial charge in [0.25, 0.3) is 0 Å². The molecule has 0 saturated heterocycles. The van der Waals surface area contributed by atoms with Crippen LogP contribution in [0, 0.1) is 0 Å². The second-order valence-electron chi connectivity index (χ2n) is 3.64. The number of alkyl halides is 7. The molecule has 9 heteroatoms. The highest BCUT2D eigenvalue weighted by atomic mass is 19.4. The molecule has 0 N–H and O–H groups in total.